The van der Waals surface area contributed by atoms with Crippen molar-refractivity contribution in [3.8, 4) is 6.07 Å². The van der Waals surface area contributed by atoms with E-state index in [4.69, 9.17) is 5.26 Å². The van der Waals surface area contributed by atoms with Gasteiger partial charge in [0.05, 0.1) is 11.6 Å². The topological polar surface area (TPSA) is 52.9 Å². The van der Waals surface area contributed by atoms with Crippen molar-refractivity contribution < 1.29 is 4.57 Å². The predicted molar refractivity (Wildman–Crippen MR) is 42.4 cm³/mol. The van der Waals surface area contributed by atoms with Gasteiger partial charge in [-0.25, -0.2) is 4.57 Å². The first kappa shape index (κ1) is 7.71. The molecular weight excluding hydrogens is 159 g/mol. The Labute approximate surface area is 65.9 Å². The molecule has 1 rings (SSSR count). The average Bonchev–Trinajstić information content (AvgIpc) is 2.07. The van der Waals surface area contributed by atoms with Crippen molar-refractivity contribution in [1.82, 2.24) is 0 Å². The zero-order valence-corrected chi connectivity index (χ0v) is 6.51. The minimum Gasteiger partial charge on any atom is -0.305 e. The molecule has 4 heteroatoms. The molecule has 0 unspecified atom stereocenters. The first-order chi connectivity index (χ1) is 5.36. The third-order valence-corrected chi connectivity index (χ3v) is 1.54. The number of rotatable bonds is 2. The third kappa shape index (κ3) is 2.03. The Morgan fingerprint density at radius 3 is 2.45 bits per heavy atom. The van der Waals surface area contributed by atoms with Crippen LogP contribution in [-0.4, -0.2) is 0 Å². The lowest BCUT2D eigenvalue weighted by molar-refractivity contribution is 0.601. The van der Waals surface area contributed by atoms with Crippen molar-refractivity contribution in [1.29, 1.82) is 5.26 Å². The van der Waals surface area contributed by atoms with Crippen molar-refractivity contribution >= 4 is 14.3 Å². The summed E-state index contributed by atoms with van der Waals surface area (Å²) >= 11 is 0. The van der Waals surface area contributed by atoms with Gasteiger partial charge in [-0.2, -0.15) is 5.26 Å². The fraction of sp³-hybridized carbons (Fsp3) is 0. The second-order valence-electron chi connectivity index (χ2n) is 1.89. The smallest absolute Gasteiger partial charge is 0.279 e. The second-order valence-corrected chi connectivity index (χ2v) is 2.30. The maximum Gasteiger partial charge on any atom is 0.279 e. The average molecular weight is 164 g/mol. The summed E-state index contributed by atoms with van der Waals surface area (Å²) in [6, 6.07) is 8.70. The molecule has 0 fully saturated rings. The van der Waals surface area contributed by atoms with Crippen LogP contribution in [0.25, 0.3) is 0 Å². The van der Waals surface area contributed by atoms with Gasteiger partial charge in [0.2, 0.25) is 0 Å². The van der Waals surface area contributed by atoms with Gasteiger partial charge in [-0.1, -0.05) is 0 Å². The predicted octanol–water partition coefficient (Wildman–Crippen LogP) is 2.18. The zero-order valence-electron chi connectivity index (χ0n) is 5.61. The van der Waals surface area contributed by atoms with Crippen LogP contribution in [0, 0.1) is 11.3 Å². The van der Waals surface area contributed by atoms with Gasteiger partial charge in [0, 0.05) is 5.69 Å². The van der Waals surface area contributed by atoms with Crippen LogP contribution < -0.4 is 5.09 Å². The van der Waals surface area contributed by atoms with Gasteiger partial charge >= 0.3 is 0 Å². The maximum absolute atomic E-state index is 10.0. The van der Waals surface area contributed by atoms with E-state index in [1.165, 1.54) is 0 Å². The molecule has 0 amide bonds. The summed E-state index contributed by atoms with van der Waals surface area (Å²) in [5.41, 5.74) is 1.33. The van der Waals surface area contributed by atoms with E-state index in [1.54, 1.807) is 24.3 Å². The number of nitrogens with zero attached hydrogens (tertiary/aromatic N) is 1. The molecule has 0 spiro atoms. The van der Waals surface area contributed by atoms with Crippen LogP contribution in [0.1, 0.15) is 5.56 Å². The summed E-state index contributed by atoms with van der Waals surface area (Å²) in [5, 5.41) is 11.0. The van der Waals surface area contributed by atoms with Gasteiger partial charge in [-0.05, 0) is 24.3 Å². The Morgan fingerprint density at radius 1 is 1.36 bits per heavy atom. The van der Waals surface area contributed by atoms with Crippen LogP contribution in [0.15, 0.2) is 24.3 Å². The summed E-state index contributed by atoms with van der Waals surface area (Å²) in [4.78, 5) is 0. The molecule has 0 saturated heterocycles. The van der Waals surface area contributed by atoms with Crippen molar-refractivity contribution in [2.75, 3.05) is 5.09 Å². The van der Waals surface area contributed by atoms with E-state index in [9.17, 15) is 4.57 Å². The van der Waals surface area contributed by atoms with Crippen molar-refractivity contribution in [2.45, 2.75) is 0 Å². The van der Waals surface area contributed by atoms with Crippen LogP contribution >= 0.6 is 8.61 Å². The Hall–Kier alpha value is -1.39. The van der Waals surface area contributed by atoms with Gasteiger partial charge in [0.25, 0.3) is 8.61 Å². The Kier molecular flexibility index (Phi) is 2.59. The highest BCUT2D eigenvalue weighted by Crippen LogP contribution is 2.11. The molecule has 0 saturated carbocycles. The summed E-state index contributed by atoms with van der Waals surface area (Å²) in [6.07, 6.45) is 0. The lowest BCUT2D eigenvalue weighted by Gasteiger charge is -1.94. The number of nitriles is 1. The highest BCUT2D eigenvalue weighted by molar-refractivity contribution is 7.25. The largest absolute Gasteiger partial charge is 0.305 e. The molecule has 1 N–H and O–H groups in total. The molecule has 0 aliphatic heterocycles. The van der Waals surface area contributed by atoms with Gasteiger partial charge in [0.15, 0.2) is 0 Å². The SMILES string of the molecule is N#Cc1ccc(NP=O)cc1. The molecule has 0 radical (unpaired) electrons. The van der Waals surface area contributed by atoms with Gasteiger partial charge < -0.3 is 5.09 Å². The van der Waals surface area contributed by atoms with Crippen molar-refractivity contribution in [3.05, 3.63) is 29.8 Å². The second kappa shape index (κ2) is 3.70. The van der Waals surface area contributed by atoms with E-state index < -0.39 is 0 Å². The van der Waals surface area contributed by atoms with Crippen LogP contribution in [-0.2, 0) is 4.57 Å². The van der Waals surface area contributed by atoms with E-state index >= 15 is 0 Å². The Morgan fingerprint density at radius 2 is 2.00 bits per heavy atom. The van der Waals surface area contributed by atoms with Crippen molar-refractivity contribution in [2.24, 2.45) is 0 Å². The molecule has 0 bridgehead atoms. The van der Waals surface area contributed by atoms with E-state index in [1.807, 2.05) is 6.07 Å². The summed E-state index contributed by atoms with van der Waals surface area (Å²) in [5.74, 6) is 0. The monoisotopic (exact) mass is 164 g/mol. The number of anilines is 1. The molecule has 11 heavy (non-hydrogen) atoms. The van der Waals surface area contributed by atoms with Gasteiger partial charge in [-0.3, -0.25) is 0 Å². The van der Waals surface area contributed by atoms with Crippen molar-refractivity contribution in [3.63, 3.8) is 0 Å². The first-order valence-corrected chi connectivity index (χ1v) is 3.76. The minimum atomic E-state index is -0.132. The number of nitrogens with one attached hydrogen (secondary N) is 1. The standard InChI is InChI=1S/C7H5N2OP/c8-5-6-1-3-7(4-2-6)9-11-10/h1-4H,(H,9,10). The molecule has 0 aliphatic rings. The van der Waals surface area contributed by atoms with Crippen LogP contribution in [0.3, 0.4) is 0 Å². The van der Waals surface area contributed by atoms with E-state index in [0.717, 1.165) is 5.69 Å². The summed E-state index contributed by atoms with van der Waals surface area (Å²) in [6.45, 7) is 0. The normalized spacial score (nSPS) is 9.00. The van der Waals surface area contributed by atoms with Crippen LogP contribution in [0.5, 0.6) is 0 Å². The number of hydrogen-bond donors (Lipinski definition) is 1. The lowest BCUT2D eigenvalue weighted by atomic mass is 10.2. The summed E-state index contributed by atoms with van der Waals surface area (Å²) < 4.78 is 10.0. The molecule has 1 aromatic rings. The fourth-order valence-corrected chi connectivity index (χ4v) is 0.926. The Bertz CT molecular complexity index is 288. The third-order valence-electron chi connectivity index (χ3n) is 1.19. The highest BCUT2D eigenvalue weighted by Gasteiger charge is 1.90. The molecule has 1 aromatic carbocycles. The molecule has 54 valence electrons. The fourth-order valence-electron chi connectivity index (χ4n) is 0.672. The molecule has 3 nitrogen and oxygen atoms in total. The Balaban J connectivity index is 2.84. The summed E-state index contributed by atoms with van der Waals surface area (Å²) in [7, 11) is -0.132. The highest BCUT2D eigenvalue weighted by atomic mass is 31.1. The quantitative estimate of drug-likeness (QED) is 0.681. The number of benzene rings is 1. The minimum absolute atomic E-state index is 0.132. The lowest BCUT2D eigenvalue weighted by Crippen LogP contribution is -1.79. The van der Waals surface area contributed by atoms with E-state index in [0.29, 0.717) is 5.56 Å². The van der Waals surface area contributed by atoms with Gasteiger partial charge in [-0.15, -0.1) is 0 Å². The first-order valence-electron chi connectivity index (χ1n) is 2.95. The molecule has 0 aliphatic carbocycles. The van der Waals surface area contributed by atoms with Crippen LogP contribution in [0.2, 0.25) is 0 Å². The zero-order chi connectivity index (χ0) is 8.10. The molecular formula is C7H5N2OP. The molecule has 0 heterocycles. The van der Waals surface area contributed by atoms with Crippen LogP contribution in [0.4, 0.5) is 5.69 Å². The van der Waals surface area contributed by atoms with Gasteiger partial charge in [0.1, 0.15) is 0 Å². The van der Waals surface area contributed by atoms with E-state index in [2.05, 4.69) is 5.09 Å². The maximum atomic E-state index is 10.0. The molecule has 0 atom stereocenters. The number of hydrogen-bond acceptors (Lipinski definition) is 2. The van der Waals surface area contributed by atoms with E-state index in [-0.39, 0.29) is 8.61 Å². The molecule has 0 aromatic heterocycles.